The minimum Gasteiger partial charge on any atom is -0.353 e. The number of benzene rings is 2. The smallest absolute Gasteiger partial charge is 0.297 e. The van der Waals surface area contributed by atoms with Crippen molar-refractivity contribution in [2.24, 2.45) is 0 Å². The topological polar surface area (TPSA) is 61.8 Å². The van der Waals surface area contributed by atoms with Crippen LogP contribution in [-0.4, -0.2) is 27.9 Å². The van der Waals surface area contributed by atoms with Crippen LogP contribution in [0.1, 0.15) is 42.1 Å². The summed E-state index contributed by atoms with van der Waals surface area (Å²) >= 11 is 0. The number of ether oxygens (including phenoxy) is 2. The van der Waals surface area contributed by atoms with Gasteiger partial charge in [-0.1, -0.05) is 47.5 Å². The fourth-order valence-corrected chi connectivity index (χ4v) is 3.83. The van der Waals surface area contributed by atoms with Gasteiger partial charge in [0.05, 0.1) is 11.5 Å². The normalized spacial score (nSPS) is 19.0. The molecule has 0 aromatic heterocycles. The van der Waals surface area contributed by atoms with Gasteiger partial charge in [-0.05, 0) is 50.8 Å². The lowest BCUT2D eigenvalue weighted by atomic mass is 10.1. The fourth-order valence-electron chi connectivity index (χ4n) is 2.92. The molecule has 0 saturated carbocycles. The van der Waals surface area contributed by atoms with Gasteiger partial charge in [0.15, 0.2) is 6.29 Å². The quantitative estimate of drug-likeness (QED) is 0.660. The van der Waals surface area contributed by atoms with E-state index in [0.717, 1.165) is 36.0 Å². The van der Waals surface area contributed by atoms with Crippen molar-refractivity contribution in [3.05, 3.63) is 65.2 Å². The Morgan fingerprint density at radius 3 is 2.22 bits per heavy atom. The highest BCUT2D eigenvalue weighted by atomic mass is 32.2. The van der Waals surface area contributed by atoms with Crippen LogP contribution in [-0.2, 0) is 23.8 Å². The van der Waals surface area contributed by atoms with E-state index in [9.17, 15) is 8.42 Å². The molecule has 0 amide bonds. The Balaban J connectivity index is 1.73. The molecule has 0 N–H and O–H groups in total. The van der Waals surface area contributed by atoms with Crippen molar-refractivity contribution in [3.8, 4) is 0 Å². The molecule has 2 unspecified atom stereocenters. The van der Waals surface area contributed by atoms with Crippen molar-refractivity contribution < 1.29 is 22.1 Å². The lowest BCUT2D eigenvalue weighted by Crippen LogP contribution is -2.27. The van der Waals surface area contributed by atoms with Gasteiger partial charge in [0.1, 0.15) is 6.10 Å². The summed E-state index contributed by atoms with van der Waals surface area (Å²) in [4.78, 5) is 0.143. The number of hydrogen-bond acceptors (Lipinski definition) is 5. The van der Waals surface area contributed by atoms with Crippen LogP contribution >= 0.6 is 0 Å². The van der Waals surface area contributed by atoms with Crippen LogP contribution < -0.4 is 0 Å². The number of hydrogen-bond donors (Lipinski definition) is 0. The number of aryl methyl sites for hydroxylation is 2. The maximum absolute atomic E-state index is 12.5. The molecule has 146 valence electrons. The van der Waals surface area contributed by atoms with Crippen molar-refractivity contribution in [2.45, 2.75) is 50.4 Å². The molecule has 0 spiro atoms. The second kappa shape index (κ2) is 8.97. The Morgan fingerprint density at radius 1 is 1.00 bits per heavy atom. The van der Waals surface area contributed by atoms with Crippen molar-refractivity contribution in [2.75, 3.05) is 13.2 Å². The minimum absolute atomic E-state index is 0.0981. The van der Waals surface area contributed by atoms with Crippen molar-refractivity contribution in [1.29, 1.82) is 0 Å². The highest BCUT2D eigenvalue weighted by Crippen LogP contribution is 2.26. The predicted molar refractivity (Wildman–Crippen MR) is 103 cm³/mol. The molecule has 3 rings (SSSR count). The lowest BCUT2D eigenvalue weighted by molar-refractivity contribution is -0.195. The Bertz CT molecular complexity index is 822. The summed E-state index contributed by atoms with van der Waals surface area (Å²) in [5.74, 6) is 0. The van der Waals surface area contributed by atoms with Crippen LogP contribution in [0.3, 0.4) is 0 Å². The summed E-state index contributed by atoms with van der Waals surface area (Å²) < 4.78 is 42.1. The standard InChI is InChI=1S/C21H26O5S/c1-16-6-10-18(11-7-16)20(26-21-5-3-4-14-24-21)15-25-27(22,23)19-12-8-17(2)9-13-19/h6-13,20-21H,3-5,14-15H2,1-2H3. The summed E-state index contributed by atoms with van der Waals surface area (Å²) in [6.07, 6.45) is 2.00. The molecule has 1 saturated heterocycles. The maximum Gasteiger partial charge on any atom is 0.297 e. The average Bonchev–Trinajstić information content (AvgIpc) is 2.67. The first-order valence-electron chi connectivity index (χ1n) is 9.24. The Kier molecular flexibility index (Phi) is 6.65. The second-order valence-corrected chi connectivity index (χ2v) is 8.50. The summed E-state index contributed by atoms with van der Waals surface area (Å²) in [6, 6.07) is 14.4. The van der Waals surface area contributed by atoms with Crippen molar-refractivity contribution >= 4 is 10.1 Å². The molecule has 1 aliphatic heterocycles. The molecular weight excluding hydrogens is 364 g/mol. The Labute approximate surface area is 161 Å². The van der Waals surface area contributed by atoms with E-state index in [-0.39, 0.29) is 17.8 Å². The van der Waals surface area contributed by atoms with E-state index in [1.807, 2.05) is 38.1 Å². The highest BCUT2D eigenvalue weighted by molar-refractivity contribution is 7.86. The fraction of sp³-hybridized carbons (Fsp3) is 0.429. The van der Waals surface area contributed by atoms with Crippen LogP contribution in [0.2, 0.25) is 0 Å². The van der Waals surface area contributed by atoms with Gasteiger partial charge in [-0.3, -0.25) is 4.18 Å². The molecule has 27 heavy (non-hydrogen) atoms. The maximum atomic E-state index is 12.5. The Hall–Kier alpha value is -1.73. The third-order valence-electron chi connectivity index (χ3n) is 4.59. The largest absolute Gasteiger partial charge is 0.353 e. The van der Waals surface area contributed by atoms with Crippen LogP contribution in [0.25, 0.3) is 0 Å². The van der Waals surface area contributed by atoms with Gasteiger partial charge in [-0.2, -0.15) is 8.42 Å². The zero-order valence-corrected chi connectivity index (χ0v) is 16.6. The van der Waals surface area contributed by atoms with Crippen molar-refractivity contribution in [1.82, 2.24) is 0 Å². The van der Waals surface area contributed by atoms with E-state index >= 15 is 0 Å². The molecule has 0 aliphatic carbocycles. The van der Waals surface area contributed by atoms with Gasteiger partial charge >= 0.3 is 0 Å². The Morgan fingerprint density at radius 2 is 1.63 bits per heavy atom. The molecule has 0 bridgehead atoms. The molecule has 1 heterocycles. The molecule has 5 nitrogen and oxygen atoms in total. The van der Waals surface area contributed by atoms with Gasteiger partial charge in [0, 0.05) is 6.61 Å². The van der Waals surface area contributed by atoms with Gasteiger partial charge in [-0.15, -0.1) is 0 Å². The molecule has 2 aromatic rings. The van der Waals surface area contributed by atoms with Gasteiger partial charge in [0.2, 0.25) is 0 Å². The summed E-state index contributed by atoms with van der Waals surface area (Å²) in [7, 11) is -3.85. The molecular formula is C21H26O5S. The number of rotatable bonds is 7. The van der Waals surface area contributed by atoms with E-state index in [2.05, 4.69) is 0 Å². The molecule has 1 aliphatic rings. The SMILES string of the molecule is Cc1ccc(C(COS(=O)(=O)c2ccc(C)cc2)OC2CCCCO2)cc1. The first-order chi connectivity index (χ1) is 12.9. The minimum atomic E-state index is -3.85. The van der Waals surface area contributed by atoms with E-state index in [0.29, 0.717) is 6.61 Å². The third kappa shape index (κ3) is 5.62. The van der Waals surface area contributed by atoms with Crippen LogP contribution in [0.15, 0.2) is 53.4 Å². The summed E-state index contributed by atoms with van der Waals surface area (Å²) in [5, 5.41) is 0. The first-order valence-corrected chi connectivity index (χ1v) is 10.6. The van der Waals surface area contributed by atoms with Crippen LogP contribution in [0.4, 0.5) is 0 Å². The first kappa shape index (κ1) is 20.0. The molecule has 6 heteroatoms. The predicted octanol–water partition coefficient (Wildman–Crippen LogP) is 4.29. The van der Waals surface area contributed by atoms with E-state index < -0.39 is 16.2 Å². The average molecular weight is 391 g/mol. The van der Waals surface area contributed by atoms with Crippen LogP contribution in [0, 0.1) is 13.8 Å². The molecule has 1 fully saturated rings. The van der Waals surface area contributed by atoms with E-state index in [1.165, 1.54) is 0 Å². The molecule has 2 aromatic carbocycles. The van der Waals surface area contributed by atoms with Crippen molar-refractivity contribution in [3.63, 3.8) is 0 Å². The zero-order valence-electron chi connectivity index (χ0n) is 15.8. The van der Waals surface area contributed by atoms with Gasteiger partial charge in [-0.25, -0.2) is 0 Å². The van der Waals surface area contributed by atoms with E-state index in [1.54, 1.807) is 24.3 Å². The molecule has 0 radical (unpaired) electrons. The zero-order chi connectivity index (χ0) is 19.3. The van der Waals surface area contributed by atoms with E-state index in [4.69, 9.17) is 13.7 Å². The lowest BCUT2D eigenvalue weighted by Gasteiger charge is -2.28. The second-order valence-electron chi connectivity index (χ2n) is 6.88. The monoisotopic (exact) mass is 390 g/mol. The summed E-state index contributed by atoms with van der Waals surface area (Å²) in [6.45, 7) is 4.47. The highest BCUT2D eigenvalue weighted by Gasteiger charge is 2.24. The van der Waals surface area contributed by atoms with Gasteiger partial charge < -0.3 is 9.47 Å². The third-order valence-corrected chi connectivity index (χ3v) is 5.88. The molecule has 2 atom stereocenters. The summed E-state index contributed by atoms with van der Waals surface area (Å²) in [5.41, 5.74) is 2.98. The van der Waals surface area contributed by atoms with Gasteiger partial charge in [0.25, 0.3) is 10.1 Å². The van der Waals surface area contributed by atoms with Crippen LogP contribution in [0.5, 0.6) is 0 Å².